The number of nitrogens with zero attached hydrogens (tertiary/aromatic N) is 3. The van der Waals surface area contributed by atoms with Crippen LogP contribution in [-0.4, -0.2) is 52.9 Å². The van der Waals surface area contributed by atoms with E-state index in [1.165, 1.54) is 25.7 Å². The summed E-state index contributed by atoms with van der Waals surface area (Å²) in [6.07, 6.45) is 6.97. The third-order valence-corrected chi connectivity index (χ3v) is 4.78. The van der Waals surface area contributed by atoms with Crippen LogP contribution in [0, 0.1) is 6.92 Å². The van der Waals surface area contributed by atoms with Crippen LogP contribution in [0.15, 0.2) is 12.3 Å². The Balaban J connectivity index is 1.63. The van der Waals surface area contributed by atoms with E-state index < -0.39 is 0 Å². The quantitative estimate of drug-likeness (QED) is 0.899. The molecule has 1 aliphatic carbocycles. The van der Waals surface area contributed by atoms with E-state index in [2.05, 4.69) is 9.88 Å². The van der Waals surface area contributed by atoms with Gasteiger partial charge in [-0.25, -0.2) is 0 Å². The second-order valence-electron chi connectivity index (χ2n) is 6.17. The number of carbonyl (C=O) groups excluding carboxylic acids is 1. The Morgan fingerprint density at radius 2 is 1.90 bits per heavy atom. The molecule has 0 bridgehead atoms. The standard InChI is InChI=1S/C16H24N4O/c1-12-15(10-13(17)11-18-12)16(21)20-8-6-19(7-9-20)14-4-2-3-5-14/h10-11,14H,2-9,17H2,1H3. The van der Waals surface area contributed by atoms with Crippen LogP contribution in [0.5, 0.6) is 0 Å². The van der Waals surface area contributed by atoms with Gasteiger partial charge in [-0.15, -0.1) is 0 Å². The smallest absolute Gasteiger partial charge is 0.255 e. The molecular formula is C16H24N4O. The maximum atomic E-state index is 12.6. The van der Waals surface area contributed by atoms with Crippen LogP contribution in [-0.2, 0) is 0 Å². The Bertz CT molecular complexity index is 517. The molecule has 21 heavy (non-hydrogen) atoms. The fraction of sp³-hybridized carbons (Fsp3) is 0.625. The highest BCUT2D eigenvalue weighted by atomic mass is 16.2. The topological polar surface area (TPSA) is 62.5 Å². The van der Waals surface area contributed by atoms with Crippen molar-refractivity contribution in [2.45, 2.75) is 38.6 Å². The van der Waals surface area contributed by atoms with Gasteiger partial charge in [0.2, 0.25) is 0 Å². The number of rotatable bonds is 2. The Morgan fingerprint density at radius 3 is 2.57 bits per heavy atom. The Morgan fingerprint density at radius 1 is 1.24 bits per heavy atom. The van der Waals surface area contributed by atoms with Gasteiger partial charge >= 0.3 is 0 Å². The average Bonchev–Trinajstić information content (AvgIpc) is 3.03. The highest BCUT2D eigenvalue weighted by Gasteiger charge is 2.28. The second kappa shape index (κ2) is 6.02. The summed E-state index contributed by atoms with van der Waals surface area (Å²) in [4.78, 5) is 21.3. The van der Waals surface area contributed by atoms with Gasteiger partial charge in [-0.1, -0.05) is 12.8 Å². The molecule has 1 aliphatic heterocycles. The van der Waals surface area contributed by atoms with Crippen molar-refractivity contribution in [1.82, 2.24) is 14.8 Å². The first-order valence-electron chi connectivity index (χ1n) is 7.90. The fourth-order valence-corrected chi connectivity index (χ4v) is 3.50. The Hall–Kier alpha value is -1.62. The van der Waals surface area contributed by atoms with Gasteiger partial charge in [-0.3, -0.25) is 14.7 Å². The number of aromatic nitrogens is 1. The number of nitrogens with two attached hydrogens (primary N) is 1. The molecule has 0 aromatic carbocycles. The lowest BCUT2D eigenvalue weighted by atomic mass is 10.1. The first-order chi connectivity index (χ1) is 10.1. The van der Waals surface area contributed by atoms with Crippen LogP contribution in [0.1, 0.15) is 41.7 Å². The van der Waals surface area contributed by atoms with E-state index >= 15 is 0 Å². The van der Waals surface area contributed by atoms with Gasteiger partial charge in [0, 0.05) is 32.2 Å². The van der Waals surface area contributed by atoms with Gasteiger partial charge in [0.05, 0.1) is 23.1 Å². The summed E-state index contributed by atoms with van der Waals surface area (Å²) in [6, 6.07) is 2.49. The number of amides is 1. The molecule has 5 heteroatoms. The molecule has 2 heterocycles. The summed E-state index contributed by atoms with van der Waals surface area (Å²) in [5.74, 6) is 0.0679. The maximum Gasteiger partial charge on any atom is 0.255 e. The molecule has 2 N–H and O–H groups in total. The maximum absolute atomic E-state index is 12.6. The zero-order chi connectivity index (χ0) is 14.8. The van der Waals surface area contributed by atoms with Crippen LogP contribution in [0.3, 0.4) is 0 Å². The van der Waals surface area contributed by atoms with Crippen molar-refractivity contribution in [2.75, 3.05) is 31.9 Å². The van der Waals surface area contributed by atoms with Gasteiger partial charge in [0.15, 0.2) is 0 Å². The van der Waals surface area contributed by atoms with Gasteiger partial charge in [-0.05, 0) is 25.8 Å². The average molecular weight is 288 g/mol. The largest absolute Gasteiger partial charge is 0.397 e. The van der Waals surface area contributed by atoms with Crippen molar-refractivity contribution < 1.29 is 4.79 Å². The molecule has 0 unspecified atom stereocenters. The molecule has 1 saturated carbocycles. The molecule has 0 radical (unpaired) electrons. The van der Waals surface area contributed by atoms with Crippen molar-refractivity contribution in [3.05, 3.63) is 23.5 Å². The van der Waals surface area contributed by atoms with E-state index in [-0.39, 0.29) is 5.91 Å². The fourth-order valence-electron chi connectivity index (χ4n) is 3.50. The molecule has 3 rings (SSSR count). The highest BCUT2D eigenvalue weighted by Crippen LogP contribution is 2.24. The van der Waals surface area contributed by atoms with Crippen molar-refractivity contribution in [3.63, 3.8) is 0 Å². The molecule has 2 aliphatic rings. The van der Waals surface area contributed by atoms with Crippen LogP contribution >= 0.6 is 0 Å². The summed E-state index contributed by atoms with van der Waals surface area (Å²) in [5.41, 5.74) is 7.71. The molecule has 1 aromatic rings. The van der Waals surface area contributed by atoms with Crippen LogP contribution in [0.25, 0.3) is 0 Å². The first-order valence-corrected chi connectivity index (χ1v) is 7.90. The van der Waals surface area contributed by atoms with E-state index in [1.54, 1.807) is 12.3 Å². The SMILES string of the molecule is Cc1ncc(N)cc1C(=O)N1CCN(C2CCCC2)CC1. The third-order valence-electron chi connectivity index (χ3n) is 4.78. The van der Waals surface area contributed by atoms with Crippen molar-refractivity contribution in [3.8, 4) is 0 Å². The predicted molar refractivity (Wildman–Crippen MR) is 83.1 cm³/mol. The summed E-state index contributed by atoms with van der Waals surface area (Å²) in [7, 11) is 0. The molecule has 2 fully saturated rings. The Labute approximate surface area is 126 Å². The Kier molecular flexibility index (Phi) is 4.10. The van der Waals surface area contributed by atoms with Gasteiger partial charge in [0.1, 0.15) is 0 Å². The van der Waals surface area contributed by atoms with E-state index in [4.69, 9.17) is 5.73 Å². The number of carbonyl (C=O) groups is 1. The lowest BCUT2D eigenvalue weighted by Gasteiger charge is -2.38. The highest BCUT2D eigenvalue weighted by molar-refractivity contribution is 5.96. The number of nitrogen functional groups attached to an aromatic ring is 1. The third kappa shape index (κ3) is 3.02. The zero-order valence-corrected chi connectivity index (χ0v) is 12.7. The lowest BCUT2D eigenvalue weighted by molar-refractivity contribution is 0.0572. The molecular weight excluding hydrogens is 264 g/mol. The summed E-state index contributed by atoms with van der Waals surface area (Å²) < 4.78 is 0. The lowest BCUT2D eigenvalue weighted by Crippen LogP contribution is -2.51. The van der Waals surface area contributed by atoms with Gasteiger partial charge < -0.3 is 10.6 Å². The first kappa shape index (κ1) is 14.3. The van der Waals surface area contributed by atoms with E-state index in [9.17, 15) is 4.79 Å². The summed E-state index contributed by atoms with van der Waals surface area (Å²) in [6.45, 7) is 5.46. The number of hydrogen-bond donors (Lipinski definition) is 1. The van der Waals surface area contributed by atoms with Crippen LogP contribution in [0.2, 0.25) is 0 Å². The van der Waals surface area contributed by atoms with Crippen molar-refractivity contribution >= 4 is 11.6 Å². The van der Waals surface area contributed by atoms with Crippen molar-refractivity contribution in [1.29, 1.82) is 0 Å². The zero-order valence-electron chi connectivity index (χ0n) is 12.7. The minimum atomic E-state index is 0.0679. The molecule has 1 amide bonds. The van der Waals surface area contributed by atoms with Crippen LogP contribution in [0.4, 0.5) is 5.69 Å². The minimum absolute atomic E-state index is 0.0679. The number of aryl methyl sites for hydroxylation is 1. The van der Waals surface area contributed by atoms with E-state index in [0.717, 1.165) is 37.9 Å². The number of hydrogen-bond acceptors (Lipinski definition) is 4. The number of anilines is 1. The molecule has 0 atom stereocenters. The van der Waals surface area contributed by atoms with Gasteiger partial charge in [0.25, 0.3) is 5.91 Å². The summed E-state index contributed by atoms with van der Waals surface area (Å²) >= 11 is 0. The van der Waals surface area contributed by atoms with E-state index in [1.807, 2.05) is 11.8 Å². The van der Waals surface area contributed by atoms with Crippen LogP contribution < -0.4 is 5.73 Å². The minimum Gasteiger partial charge on any atom is -0.397 e. The normalized spacial score (nSPS) is 20.9. The van der Waals surface area contributed by atoms with Gasteiger partial charge in [-0.2, -0.15) is 0 Å². The van der Waals surface area contributed by atoms with Crippen molar-refractivity contribution in [2.24, 2.45) is 0 Å². The number of pyridine rings is 1. The number of piperazine rings is 1. The molecule has 114 valence electrons. The molecule has 5 nitrogen and oxygen atoms in total. The molecule has 1 aromatic heterocycles. The second-order valence-corrected chi connectivity index (χ2v) is 6.17. The van der Waals surface area contributed by atoms with E-state index in [0.29, 0.717) is 11.3 Å². The molecule has 0 spiro atoms. The predicted octanol–water partition coefficient (Wildman–Crippen LogP) is 1.67. The molecule has 1 saturated heterocycles. The summed E-state index contributed by atoms with van der Waals surface area (Å²) in [5, 5.41) is 0. The monoisotopic (exact) mass is 288 g/mol.